The lowest BCUT2D eigenvalue weighted by molar-refractivity contribution is -0.136. The third-order valence-electron chi connectivity index (χ3n) is 1.91. The first-order valence-electron chi connectivity index (χ1n) is 4.55. The first kappa shape index (κ1) is 12.0. The van der Waals surface area contributed by atoms with Crippen LogP contribution >= 0.6 is 0 Å². The topological polar surface area (TPSA) is 92.4 Å². The van der Waals surface area contributed by atoms with Crippen LogP contribution in [0.2, 0.25) is 0 Å². The van der Waals surface area contributed by atoms with Gasteiger partial charge in [0.05, 0.1) is 12.1 Å². The Kier molecular flexibility index (Phi) is 3.82. The fourth-order valence-corrected chi connectivity index (χ4v) is 1.12. The van der Waals surface area contributed by atoms with Gasteiger partial charge in [-0.05, 0) is 18.2 Å². The van der Waals surface area contributed by atoms with Gasteiger partial charge in [-0.3, -0.25) is 9.59 Å². The van der Waals surface area contributed by atoms with E-state index in [9.17, 15) is 14.0 Å². The maximum Gasteiger partial charge on any atom is 0.305 e. The summed E-state index contributed by atoms with van der Waals surface area (Å²) >= 11 is 0. The number of anilines is 1. The molecule has 5 nitrogen and oxygen atoms in total. The van der Waals surface area contributed by atoms with Crippen molar-refractivity contribution in [2.24, 2.45) is 5.73 Å². The zero-order valence-corrected chi connectivity index (χ0v) is 8.37. The third kappa shape index (κ3) is 3.23. The van der Waals surface area contributed by atoms with E-state index < -0.39 is 17.7 Å². The van der Waals surface area contributed by atoms with Crippen LogP contribution in [0.3, 0.4) is 0 Å². The van der Waals surface area contributed by atoms with Crippen LogP contribution in [0.15, 0.2) is 18.2 Å². The summed E-state index contributed by atoms with van der Waals surface area (Å²) in [7, 11) is 0. The van der Waals surface area contributed by atoms with Gasteiger partial charge in [-0.15, -0.1) is 0 Å². The molecule has 0 aromatic heterocycles. The fraction of sp³-hybridized carbons (Fsp3) is 0.200. The normalized spacial score (nSPS) is 9.81. The number of rotatable bonds is 5. The smallest absolute Gasteiger partial charge is 0.305 e. The molecule has 16 heavy (non-hydrogen) atoms. The fourth-order valence-electron chi connectivity index (χ4n) is 1.12. The molecule has 1 amide bonds. The minimum absolute atomic E-state index is 0.0706. The van der Waals surface area contributed by atoms with Crippen molar-refractivity contribution in [3.63, 3.8) is 0 Å². The van der Waals surface area contributed by atoms with Crippen LogP contribution in [-0.2, 0) is 4.79 Å². The van der Waals surface area contributed by atoms with Gasteiger partial charge in [0.1, 0.15) is 5.82 Å². The Morgan fingerprint density at radius 2 is 2.12 bits per heavy atom. The maximum atomic E-state index is 13.3. The summed E-state index contributed by atoms with van der Waals surface area (Å²) < 4.78 is 13.3. The number of carboxylic acid groups (broad SMARTS) is 1. The summed E-state index contributed by atoms with van der Waals surface area (Å²) in [5, 5.41) is 11.0. The van der Waals surface area contributed by atoms with Crippen molar-refractivity contribution in [2.45, 2.75) is 6.42 Å². The van der Waals surface area contributed by atoms with Crippen molar-refractivity contribution in [2.75, 3.05) is 11.9 Å². The van der Waals surface area contributed by atoms with E-state index >= 15 is 0 Å². The van der Waals surface area contributed by atoms with E-state index in [-0.39, 0.29) is 24.2 Å². The number of carbonyl (C=O) groups excluding carboxylic acids is 1. The molecule has 0 aliphatic carbocycles. The summed E-state index contributed by atoms with van der Waals surface area (Å²) in [6, 6.07) is 3.72. The Bertz CT molecular complexity index is 421. The predicted octanol–water partition coefficient (Wildman–Crippen LogP) is 0.811. The lowest BCUT2D eigenvalue weighted by Gasteiger charge is -2.06. The molecule has 0 fully saturated rings. The number of hydrogen-bond donors (Lipinski definition) is 3. The summed E-state index contributed by atoms with van der Waals surface area (Å²) in [4.78, 5) is 20.9. The van der Waals surface area contributed by atoms with E-state index in [1.165, 1.54) is 12.1 Å². The Labute approximate surface area is 91.1 Å². The zero-order valence-electron chi connectivity index (χ0n) is 8.37. The molecule has 4 N–H and O–H groups in total. The van der Waals surface area contributed by atoms with E-state index in [0.29, 0.717) is 0 Å². The van der Waals surface area contributed by atoms with Crippen LogP contribution < -0.4 is 11.1 Å². The zero-order chi connectivity index (χ0) is 12.1. The highest BCUT2D eigenvalue weighted by Gasteiger charge is 2.06. The number of primary amides is 1. The number of amides is 1. The second-order valence-electron chi connectivity index (χ2n) is 3.13. The number of aliphatic carboxylic acids is 1. The van der Waals surface area contributed by atoms with E-state index in [2.05, 4.69) is 5.32 Å². The maximum absolute atomic E-state index is 13.3. The van der Waals surface area contributed by atoms with E-state index in [4.69, 9.17) is 10.8 Å². The molecular weight excluding hydrogens is 215 g/mol. The second-order valence-corrected chi connectivity index (χ2v) is 3.13. The number of carboxylic acids is 1. The number of carbonyl (C=O) groups is 2. The molecule has 1 rings (SSSR count). The summed E-state index contributed by atoms with van der Waals surface area (Å²) in [6.07, 6.45) is -0.114. The highest BCUT2D eigenvalue weighted by molar-refractivity contribution is 5.93. The van der Waals surface area contributed by atoms with Crippen molar-refractivity contribution in [1.29, 1.82) is 0 Å². The molecule has 86 valence electrons. The number of hydrogen-bond acceptors (Lipinski definition) is 3. The minimum atomic E-state index is -0.971. The highest BCUT2D eigenvalue weighted by atomic mass is 19.1. The highest BCUT2D eigenvalue weighted by Crippen LogP contribution is 2.15. The largest absolute Gasteiger partial charge is 0.481 e. The van der Waals surface area contributed by atoms with Gasteiger partial charge in [0.25, 0.3) is 0 Å². The minimum Gasteiger partial charge on any atom is -0.481 e. The average molecular weight is 226 g/mol. The number of halogens is 1. The van der Waals surface area contributed by atoms with Crippen molar-refractivity contribution in [3.05, 3.63) is 29.6 Å². The predicted molar refractivity (Wildman–Crippen MR) is 55.7 cm³/mol. The van der Waals surface area contributed by atoms with E-state index in [0.717, 1.165) is 6.07 Å². The monoisotopic (exact) mass is 226 g/mol. The molecule has 0 unspecified atom stereocenters. The molecule has 6 heteroatoms. The van der Waals surface area contributed by atoms with Gasteiger partial charge in [0, 0.05) is 12.1 Å². The van der Waals surface area contributed by atoms with Gasteiger partial charge in [-0.1, -0.05) is 0 Å². The van der Waals surface area contributed by atoms with Gasteiger partial charge in [0.15, 0.2) is 0 Å². The Morgan fingerprint density at radius 3 is 2.62 bits per heavy atom. The molecule has 0 spiro atoms. The third-order valence-corrected chi connectivity index (χ3v) is 1.91. The molecule has 1 aromatic carbocycles. The SMILES string of the molecule is NC(=O)c1ccc(NCCC(=O)O)c(F)c1. The number of benzene rings is 1. The van der Waals surface area contributed by atoms with Gasteiger partial charge in [-0.2, -0.15) is 0 Å². The molecular formula is C10H11FN2O3. The molecule has 0 radical (unpaired) electrons. The quantitative estimate of drug-likeness (QED) is 0.692. The standard InChI is InChI=1S/C10H11FN2O3/c11-7-5-6(10(12)16)1-2-8(7)13-4-3-9(14)15/h1-2,5,13H,3-4H2,(H2,12,16)(H,14,15). The summed E-state index contributed by atoms with van der Waals surface area (Å²) in [5.41, 5.74) is 5.18. The van der Waals surface area contributed by atoms with Gasteiger partial charge >= 0.3 is 5.97 Å². The lowest BCUT2D eigenvalue weighted by atomic mass is 10.2. The van der Waals surface area contributed by atoms with Crippen LogP contribution in [0.1, 0.15) is 16.8 Å². The van der Waals surface area contributed by atoms with Crippen LogP contribution in [0.5, 0.6) is 0 Å². The van der Waals surface area contributed by atoms with Crippen molar-refractivity contribution in [1.82, 2.24) is 0 Å². The second kappa shape index (κ2) is 5.11. The molecule has 0 aliphatic heterocycles. The Morgan fingerprint density at radius 1 is 1.44 bits per heavy atom. The van der Waals surface area contributed by atoms with Gasteiger partial charge < -0.3 is 16.2 Å². The average Bonchev–Trinajstić information content (AvgIpc) is 2.19. The summed E-state index contributed by atoms with van der Waals surface area (Å²) in [5.74, 6) is -2.32. The molecule has 0 aliphatic rings. The van der Waals surface area contributed by atoms with Gasteiger partial charge in [0.2, 0.25) is 5.91 Å². The number of nitrogens with one attached hydrogen (secondary N) is 1. The Hall–Kier alpha value is -2.11. The summed E-state index contributed by atoms with van der Waals surface area (Å²) in [6.45, 7) is 0.113. The molecule has 0 atom stereocenters. The van der Waals surface area contributed by atoms with Crippen LogP contribution in [0.4, 0.5) is 10.1 Å². The van der Waals surface area contributed by atoms with Crippen LogP contribution in [0, 0.1) is 5.82 Å². The Balaban J connectivity index is 2.68. The van der Waals surface area contributed by atoms with Crippen molar-refractivity contribution >= 4 is 17.6 Å². The molecule has 0 bridgehead atoms. The number of nitrogens with two attached hydrogens (primary N) is 1. The van der Waals surface area contributed by atoms with E-state index in [1.807, 2.05) is 0 Å². The van der Waals surface area contributed by atoms with Crippen LogP contribution in [-0.4, -0.2) is 23.5 Å². The van der Waals surface area contributed by atoms with Crippen molar-refractivity contribution in [3.8, 4) is 0 Å². The van der Waals surface area contributed by atoms with Crippen molar-refractivity contribution < 1.29 is 19.1 Å². The molecule has 0 saturated heterocycles. The lowest BCUT2D eigenvalue weighted by Crippen LogP contribution is -2.12. The molecule has 0 heterocycles. The molecule has 0 saturated carbocycles. The molecule has 1 aromatic rings. The first-order valence-corrected chi connectivity index (χ1v) is 4.55. The van der Waals surface area contributed by atoms with Crippen LogP contribution in [0.25, 0.3) is 0 Å². The van der Waals surface area contributed by atoms with Gasteiger partial charge in [-0.25, -0.2) is 4.39 Å². The van der Waals surface area contributed by atoms with E-state index in [1.54, 1.807) is 0 Å². The first-order chi connectivity index (χ1) is 7.50.